The van der Waals surface area contributed by atoms with Crippen molar-refractivity contribution in [1.82, 2.24) is 10.3 Å². The van der Waals surface area contributed by atoms with Crippen molar-refractivity contribution in [1.29, 1.82) is 0 Å². The van der Waals surface area contributed by atoms with E-state index < -0.39 is 11.7 Å². The Balaban J connectivity index is 1.61. The van der Waals surface area contributed by atoms with E-state index in [0.29, 0.717) is 18.0 Å². The van der Waals surface area contributed by atoms with Crippen molar-refractivity contribution in [3.8, 4) is 0 Å². The molecule has 0 fully saturated rings. The Bertz CT molecular complexity index is 1010. The zero-order valence-electron chi connectivity index (χ0n) is 14.8. The van der Waals surface area contributed by atoms with Gasteiger partial charge < -0.3 is 10.6 Å². The van der Waals surface area contributed by atoms with Crippen LogP contribution >= 0.6 is 11.6 Å². The number of pyridine rings is 1. The zero-order chi connectivity index (χ0) is 19.9. The van der Waals surface area contributed by atoms with Gasteiger partial charge in [0.05, 0.1) is 16.8 Å². The van der Waals surface area contributed by atoms with Gasteiger partial charge in [0.1, 0.15) is 5.82 Å². The van der Waals surface area contributed by atoms with Crippen LogP contribution in [0.2, 0.25) is 5.02 Å². The molecule has 1 aromatic heterocycles. The minimum Gasteiger partial charge on any atom is -0.352 e. The number of hydrogen-bond acceptors (Lipinski definition) is 3. The average molecular weight is 398 g/mol. The van der Waals surface area contributed by atoms with Crippen molar-refractivity contribution >= 4 is 29.1 Å². The summed E-state index contributed by atoms with van der Waals surface area (Å²) >= 11 is 5.94. The molecule has 0 radical (unpaired) electrons. The van der Waals surface area contributed by atoms with Crippen LogP contribution in [0.4, 0.5) is 10.1 Å². The molecule has 1 heterocycles. The van der Waals surface area contributed by atoms with E-state index in [4.69, 9.17) is 11.6 Å². The number of carbonyl (C=O) groups excluding carboxylic acids is 2. The van der Waals surface area contributed by atoms with E-state index in [1.54, 1.807) is 12.1 Å². The van der Waals surface area contributed by atoms with Crippen molar-refractivity contribution in [2.45, 2.75) is 6.42 Å². The summed E-state index contributed by atoms with van der Waals surface area (Å²) in [5.41, 5.74) is 1.46. The molecular weight excluding hydrogens is 381 g/mol. The van der Waals surface area contributed by atoms with E-state index in [1.165, 1.54) is 36.7 Å². The maximum absolute atomic E-state index is 13.7. The molecule has 28 heavy (non-hydrogen) atoms. The Morgan fingerprint density at radius 2 is 1.71 bits per heavy atom. The number of nitrogens with zero attached hydrogens (tertiary/aromatic N) is 1. The van der Waals surface area contributed by atoms with Crippen molar-refractivity contribution in [3.63, 3.8) is 0 Å². The Morgan fingerprint density at radius 3 is 2.46 bits per heavy atom. The van der Waals surface area contributed by atoms with Gasteiger partial charge >= 0.3 is 0 Å². The molecular formula is C21H17ClFN3O2. The van der Waals surface area contributed by atoms with Gasteiger partial charge in [-0.15, -0.1) is 0 Å². The van der Waals surface area contributed by atoms with Gasteiger partial charge in [0, 0.05) is 24.0 Å². The van der Waals surface area contributed by atoms with Gasteiger partial charge in [0.25, 0.3) is 11.8 Å². The SMILES string of the molecule is O=C(NCCc1cccc(Cl)c1)c1cncc(C(=O)Nc2ccccc2F)c1. The number of benzene rings is 2. The monoisotopic (exact) mass is 397 g/mol. The first-order valence-electron chi connectivity index (χ1n) is 8.56. The highest BCUT2D eigenvalue weighted by atomic mass is 35.5. The smallest absolute Gasteiger partial charge is 0.257 e. The highest BCUT2D eigenvalue weighted by Crippen LogP contribution is 2.14. The molecule has 0 aliphatic carbocycles. The first-order valence-corrected chi connectivity index (χ1v) is 8.94. The molecule has 0 aliphatic rings. The van der Waals surface area contributed by atoms with E-state index in [1.807, 2.05) is 18.2 Å². The molecule has 0 bridgehead atoms. The second-order valence-corrected chi connectivity index (χ2v) is 6.47. The summed E-state index contributed by atoms with van der Waals surface area (Å²) < 4.78 is 13.7. The van der Waals surface area contributed by atoms with Crippen molar-refractivity contribution < 1.29 is 14.0 Å². The van der Waals surface area contributed by atoms with Gasteiger partial charge in [0.2, 0.25) is 0 Å². The minimum atomic E-state index is -0.550. The summed E-state index contributed by atoms with van der Waals surface area (Å²) in [6.45, 7) is 0.408. The van der Waals surface area contributed by atoms with Crippen LogP contribution in [0.25, 0.3) is 0 Å². The van der Waals surface area contributed by atoms with Gasteiger partial charge in [-0.3, -0.25) is 14.6 Å². The largest absolute Gasteiger partial charge is 0.352 e. The molecule has 2 amide bonds. The quantitative estimate of drug-likeness (QED) is 0.657. The van der Waals surface area contributed by atoms with Gasteiger partial charge in [0.15, 0.2) is 0 Å². The van der Waals surface area contributed by atoms with Crippen LogP contribution in [-0.4, -0.2) is 23.3 Å². The standard InChI is InChI=1S/C21H17ClFN3O2/c22-17-5-3-4-14(10-17)8-9-25-20(27)15-11-16(13-24-12-15)21(28)26-19-7-2-1-6-18(19)23/h1-7,10-13H,8-9H2,(H,25,27)(H,26,28). The summed E-state index contributed by atoms with van der Waals surface area (Å²) in [6, 6.07) is 14.6. The molecule has 0 saturated carbocycles. The third-order valence-corrected chi connectivity index (χ3v) is 4.21. The number of carbonyl (C=O) groups is 2. The summed E-state index contributed by atoms with van der Waals surface area (Å²) in [5.74, 6) is -1.44. The van der Waals surface area contributed by atoms with Crippen LogP contribution in [-0.2, 0) is 6.42 Å². The van der Waals surface area contributed by atoms with Gasteiger partial charge in [-0.1, -0.05) is 35.9 Å². The second-order valence-electron chi connectivity index (χ2n) is 6.03. The Kier molecular flexibility index (Phi) is 6.34. The topological polar surface area (TPSA) is 71.1 Å². The minimum absolute atomic E-state index is 0.0591. The number of halogens is 2. The van der Waals surface area contributed by atoms with Crippen LogP contribution in [0.5, 0.6) is 0 Å². The lowest BCUT2D eigenvalue weighted by Gasteiger charge is -2.08. The normalized spacial score (nSPS) is 10.4. The van der Waals surface area contributed by atoms with Gasteiger partial charge in [-0.05, 0) is 42.3 Å². The van der Waals surface area contributed by atoms with Crippen LogP contribution in [0.3, 0.4) is 0 Å². The summed E-state index contributed by atoms with van der Waals surface area (Å²) in [6.07, 6.45) is 3.31. The van der Waals surface area contributed by atoms with Gasteiger partial charge in [-0.2, -0.15) is 0 Å². The molecule has 0 unspecified atom stereocenters. The molecule has 2 aromatic carbocycles. The number of rotatable bonds is 6. The van der Waals surface area contributed by atoms with E-state index in [-0.39, 0.29) is 22.7 Å². The second kappa shape index (κ2) is 9.10. The zero-order valence-corrected chi connectivity index (χ0v) is 15.5. The van der Waals surface area contributed by atoms with Crippen molar-refractivity contribution in [2.75, 3.05) is 11.9 Å². The van der Waals surface area contributed by atoms with Crippen LogP contribution in [0.1, 0.15) is 26.3 Å². The number of hydrogen-bond donors (Lipinski definition) is 2. The van der Waals surface area contributed by atoms with Gasteiger partial charge in [-0.25, -0.2) is 4.39 Å². The van der Waals surface area contributed by atoms with Crippen LogP contribution in [0.15, 0.2) is 67.0 Å². The Labute approximate surface area is 166 Å². The van der Waals surface area contributed by atoms with Crippen LogP contribution in [0, 0.1) is 5.82 Å². The summed E-state index contributed by atoms with van der Waals surface area (Å²) in [4.78, 5) is 28.6. The lowest BCUT2D eigenvalue weighted by atomic mass is 10.1. The predicted octanol–water partition coefficient (Wildman–Crippen LogP) is 4.10. The molecule has 0 aliphatic heterocycles. The number of para-hydroxylation sites is 1. The fourth-order valence-electron chi connectivity index (χ4n) is 2.56. The Morgan fingerprint density at radius 1 is 0.964 bits per heavy atom. The maximum Gasteiger partial charge on any atom is 0.257 e. The summed E-state index contributed by atoms with van der Waals surface area (Å²) in [5, 5.41) is 5.88. The molecule has 0 saturated heterocycles. The Hall–Kier alpha value is -3.25. The third-order valence-electron chi connectivity index (χ3n) is 3.97. The number of aromatic nitrogens is 1. The fraction of sp³-hybridized carbons (Fsp3) is 0.0952. The van der Waals surface area contributed by atoms with Crippen molar-refractivity contribution in [2.24, 2.45) is 0 Å². The van der Waals surface area contributed by atoms with Crippen LogP contribution < -0.4 is 10.6 Å². The summed E-state index contributed by atoms with van der Waals surface area (Å²) in [7, 11) is 0. The third kappa shape index (κ3) is 5.14. The molecule has 0 atom stereocenters. The molecule has 3 rings (SSSR count). The lowest BCUT2D eigenvalue weighted by Crippen LogP contribution is -2.26. The number of anilines is 1. The molecule has 2 N–H and O–H groups in total. The molecule has 142 valence electrons. The van der Waals surface area contributed by atoms with E-state index >= 15 is 0 Å². The maximum atomic E-state index is 13.7. The van der Waals surface area contributed by atoms with Crippen molar-refractivity contribution in [3.05, 3.63) is 94.5 Å². The molecule has 5 nitrogen and oxygen atoms in total. The highest BCUT2D eigenvalue weighted by Gasteiger charge is 2.13. The lowest BCUT2D eigenvalue weighted by molar-refractivity contribution is 0.0953. The van der Waals surface area contributed by atoms with E-state index in [0.717, 1.165) is 5.56 Å². The van der Waals surface area contributed by atoms with E-state index in [9.17, 15) is 14.0 Å². The molecule has 0 spiro atoms. The number of nitrogens with one attached hydrogen (secondary N) is 2. The number of amides is 2. The molecule has 3 aromatic rings. The molecule has 7 heteroatoms. The average Bonchev–Trinajstić information content (AvgIpc) is 2.70. The van der Waals surface area contributed by atoms with E-state index in [2.05, 4.69) is 15.6 Å². The fourth-order valence-corrected chi connectivity index (χ4v) is 2.77. The predicted molar refractivity (Wildman–Crippen MR) is 106 cm³/mol. The highest BCUT2D eigenvalue weighted by molar-refractivity contribution is 6.30. The first kappa shape index (κ1) is 19.5. The first-order chi connectivity index (χ1) is 13.5.